The molecule has 0 radical (unpaired) electrons. The number of hydrogen-bond acceptors (Lipinski definition) is 4. The van der Waals surface area contributed by atoms with Crippen molar-refractivity contribution in [1.82, 2.24) is 15.1 Å². The molecule has 114 valence electrons. The summed E-state index contributed by atoms with van der Waals surface area (Å²) in [5.74, 6) is -0.923. The fourth-order valence-electron chi connectivity index (χ4n) is 3.07. The smallest absolute Gasteiger partial charge is 0.306 e. The lowest BCUT2D eigenvalue weighted by Crippen LogP contribution is -2.45. The van der Waals surface area contributed by atoms with Crippen LogP contribution >= 0.6 is 0 Å². The van der Waals surface area contributed by atoms with Gasteiger partial charge >= 0.3 is 5.97 Å². The second-order valence-corrected chi connectivity index (χ2v) is 5.90. The van der Waals surface area contributed by atoms with Gasteiger partial charge in [0, 0.05) is 25.7 Å². The molecule has 1 unspecified atom stereocenters. The molecule has 0 aromatic heterocycles. The SMILES string of the molecule is CN1CCCC1CNCC(=O)N1CCC(C(=O)O)CC1. The van der Waals surface area contributed by atoms with Crippen molar-refractivity contribution < 1.29 is 14.7 Å². The number of amides is 1. The Morgan fingerprint density at radius 3 is 2.45 bits per heavy atom. The van der Waals surface area contributed by atoms with Crippen molar-refractivity contribution in [1.29, 1.82) is 0 Å². The molecule has 0 aromatic carbocycles. The molecule has 6 nitrogen and oxygen atoms in total. The topological polar surface area (TPSA) is 72.9 Å². The quantitative estimate of drug-likeness (QED) is 0.742. The molecule has 2 rings (SSSR count). The van der Waals surface area contributed by atoms with Crippen molar-refractivity contribution in [2.24, 2.45) is 5.92 Å². The van der Waals surface area contributed by atoms with E-state index in [0.29, 0.717) is 38.5 Å². The highest BCUT2D eigenvalue weighted by molar-refractivity contribution is 5.78. The number of nitrogens with zero attached hydrogens (tertiary/aromatic N) is 2. The highest BCUT2D eigenvalue weighted by atomic mass is 16.4. The van der Waals surface area contributed by atoms with Crippen LogP contribution in [0.4, 0.5) is 0 Å². The summed E-state index contributed by atoms with van der Waals surface area (Å²) in [5.41, 5.74) is 0. The van der Waals surface area contributed by atoms with E-state index in [-0.39, 0.29) is 11.8 Å². The normalized spacial score (nSPS) is 25.1. The van der Waals surface area contributed by atoms with Gasteiger partial charge in [0.2, 0.25) is 5.91 Å². The van der Waals surface area contributed by atoms with E-state index in [4.69, 9.17) is 5.11 Å². The maximum atomic E-state index is 12.0. The molecule has 0 saturated carbocycles. The molecule has 0 bridgehead atoms. The molecule has 2 aliphatic rings. The first-order chi connectivity index (χ1) is 9.58. The minimum absolute atomic E-state index is 0.0921. The summed E-state index contributed by atoms with van der Waals surface area (Å²) >= 11 is 0. The van der Waals surface area contributed by atoms with Crippen LogP contribution < -0.4 is 5.32 Å². The Hall–Kier alpha value is -1.14. The van der Waals surface area contributed by atoms with E-state index in [2.05, 4.69) is 17.3 Å². The van der Waals surface area contributed by atoms with E-state index in [9.17, 15) is 9.59 Å². The van der Waals surface area contributed by atoms with E-state index in [1.807, 2.05) is 0 Å². The molecule has 1 amide bonds. The van der Waals surface area contributed by atoms with Crippen molar-refractivity contribution in [2.45, 2.75) is 31.7 Å². The lowest BCUT2D eigenvalue weighted by atomic mass is 9.97. The van der Waals surface area contributed by atoms with Gasteiger partial charge in [-0.15, -0.1) is 0 Å². The number of nitrogens with one attached hydrogen (secondary N) is 1. The Balaban J connectivity index is 1.64. The molecular weight excluding hydrogens is 258 g/mol. The van der Waals surface area contributed by atoms with Crippen LogP contribution in [0.3, 0.4) is 0 Å². The summed E-state index contributed by atoms with van der Waals surface area (Å²) < 4.78 is 0. The fraction of sp³-hybridized carbons (Fsp3) is 0.857. The molecule has 2 N–H and O–H groups in total. The predicted molar refractivity (Wildman–Crippen MR) is 75.5 cm³/mol. The molecule has 2 heterocycles. The molecule has 0 spiro atoms. The zero-order chi connectivity index (χ0) is 14.5. The highest BCUT2D eigenvalue weighted by Crippen LogP contribution is 2.17. The first kappa shape index (κ1) is 15.3. The van der Waals surface area contributed by atoms with Gasteiger partial charge in [-0.25, -0.2) is 0 Å². The molecule has 0 aromatic rings. The summed E-state index contributed by atoms with van der Waals surface area (Å²) in [6.45, 7) is 3.50. The summed E-state index contributed by atoms with van der Waals surface area (Å²) in [5, 5.41) is 12.2. The summed E-state index contributed by atoms with van der Waals surface area (Å²) in [6, 6.07) is 0.542. The number of rotatable bonds is 5. The Labute approximate surface area is 120 Å². The first-order valence-corrected chi connectivity index (χ1v) is 7.49. The standard InChI is InChI=1S/C14H25N3O3/c1-16-6-2-3-12(16)9-15-10-13(18)17-7-4-11(5-8-17)14(19)20/h11-12,15H,2-10H2,1H3,(H,19,20). The summed E-state index contributed by atoms with van der Waals surface area (Å²) in [7, 11) is 2.12. The van der Waals surface area contributed by atoms with Crippen molar-refractivity contribution >= 4 is 11.9 Å². The average Bonchev–Trinajstić information content (AvgIpc) is 2.84. The Kier molecular flexibility index (Phi) is 5.37. The van der Waals surface area contributed by atoms with Crippen LogP contribution in [-0.4, -0.2) is 72.6 Å². The van der Waals surface area contributed by atoms with Crippen LogP contribution in [0.25, 0.3) is 0 Å². The van der Waals surface area contributed by atoms with E-state index in [1.165, 1.54) is 12.8 Å². The number of aliphatic carboxylic acids is 1. The predicted octanol–water partition coefficient (Wildman–Crippen LogP) is -0.00660. The molecule has 20 heavy (non-hydrogen) atoms. The molecule has 2 fully saturated rings. The largest absolute Gasteiger partial charge is 0.481 e. The number of hydrogen-bond donors (Lipinski definition) is 2. The van der Waals surface area contributed by atoms with Crippen molar-refractivity contribution in [3.63, 3.8) is 0 Å². The first-order valence-electron chi connectivity index (χ1n) is 7.49. The molecule has 1 atom stereocenters. The fourth-order valence-corrected chi connectivity index (χ4v) is 3.07. The zero-order valence-corrected chi connectivity index (χ0v) is 12.2. The third-order valence-electron chi connectivity index (χ3n) is 4.52. The number of carboxylic acids is 1. The van der Waals surface area contributed by atoms with E-state index in [0.717, 1.165) is 13.1 Å². The second kappa shape index (κ2) is 7.04. The number of carbonyl (C=O) groups excluding carboxylic acids is 1. The number of carboxylic acid groups (broad SMARTS) is 1. The summed E-state index contributed by atoms with van der Waals surface area (Å²) in [4.78, 5) is 27.0. The molecule has 2 aliphatic heterocycles. The van der Waals surface area contributed by atoms with Gasteiger partial charge in [-0.3, -0.25) is 9.59 Å². The maximum absolute atomic E-state index is 12.0. The van der Waals surface area contributed by atoms with Gasteiger partial charge in [-0.05, 0) is 39.3 Å². The van der Waals surface area contributed by atoms with Gasteiger partial charge < -0.3 is 20.2 Å². The van der Waals surface area contributed by atoms with Gasteiger partial charge in [0.1, 0.15) is 0 Å². The van der Waals surface area contributed by atoms with Crippen molar-refractivity contribution in [3.05, 3.63) is 0 Å². The molecular formula is C14H25N3O3. The number of carbonyl (C=O) groups is 2. The van der Waals surface area contributed by atoms with E-state index in [1.54, 1.807) is 4.90 Å². The number of likely N-dealkylation sites (N-methyl/N-ethyl adjacent to an activating group) is 1. The Bertz CT molecular complexity index is 354. The molecule has 6 heteroatoms. The zero-order valence-electron chi connectivity index (χ0n) is 12.2. The van der Waals surface area contributed by atoms with Crippen LogP contribution in [-0.2, 0) is 9.59 Å². The van der Waals surface area contributed by atoms with Gasteiger partial charge in [0.15, 0.2) is 0 Å². The van der Waals surface area contributed by atoms with Gasteiger partial charge in [0.05, 0.1) is 12.5 Å². The third kappa shape index (κ3) is 3.93. The van der Waals surface area contributed by atoms with Crippen LogP contribution in [0.1, 0.15) is 25.7 Å². The molecule has 0 aliphatic carbocycles. The number of piperidine rings is 1. The second-order valence-electron chi connectivity index (χ2n) is 5.90. The Morgan fingerprint density at radius 1 is 1.20 bits per heavy atom. The van der Waals surface area contributed by atoms with Crippen LogP contribution in [0.15, 0.2) is 0 Å². The summed E-state index contributed by atoms with van der Waals surface area (Å²) in [6.07, 6.45) is 3.58. The highest BCUT2D eigenvalue weighted by Gasteiger charge is 2.27. The van der Waals surface area contributed by atoms with Crippen LogP contribution in [0, 0.1) is 5.92 Å². The van der Waals surface area contributed by atoms with Crippen molar-refractivity contribution in [2.75, 3.05) is 39.8 Å². The lowest BCUT2D eigenvalue weighted by molar-refractivity contribution is -0.145. The minimum atomic E-state index is -0.737. The third-order valence-corrected chi connectivity index (χ3v) is 4.52. The van der Waals surface area contributed by atoms with Crippen molar-refractivity contribution in [3.8, 4) is 0 Å². The number of likely N-dealkylation sites (tertiary alicyclic amines) is 2. The average molecular weight is 283 g/mol. The van der Waals surface area contributed by atoms with Crippen LogP contribution in [0.5, 0.6) is 0 Å². The Morgan fingerprint density at radius 2 is 1.90 bits per heavy atom. The maximum Gasteiger partial charge on any atom is 0.306 e. The monoisotopic (exact) mass is 283 g/mol. The van der Waals surface area contributed by atoms with E-state index < -0.39 is 5.97 Å². The van der Waals surface area contributed by atoms with Gasteiger partial charge in [-0.1, -0.05) is 0 Å². The van der Waals surface area contributed by atoms with Gasteiger partial charge in [-0.2, -0.15) is 0 Å². The van der Waals surface area contributed by atoms with Crippen LogP contribution in [0.2, 0.25) is 0 Å². The van der Waals surface area contributed by atoms with Gasteiger partial charge in [0.25, 0.3) is 0 Å². The van der Waals surface area contributed by atoms with E-state index >= 15 is 0 Å². The lowest BCUT2D eigenvalue weighted by Gasteiger charge is -2.30. The minimum Gasteiger partial charge on any atom is -0.481 e. The molecule has 2 saturated heterocycles.